The minimum absolute atomic E-state index is 1.09. The molecule has 0 saturated heterocycles. The lowest BCUT2D eigenvalue weighted by Gasteiger charge is -2.12. The van der Waals surface area contributed by atoms with Crippen LogP contribution < -0.4 is 5.64 Å². The maximum absolute atomic E-state index is 8.07. The first-order valence-corrected chi connectivity index (χ1v) is 5.66. The zero-order valence-electron chi connectivity index (χ0n) is 5.00. The third kappa shape index (κ3) is 10.1. The summed E-state index contributed by atoms with van der Waals surface area (Å²) in [7, 11) is -9.61. The molecule has 0 aromatic carbocycles. The van der Waals surface area contributed by atoms with Gasteiger partial charge in [0.25, 0.3) is 0 Å². The first kappa shape index (κ1) is 11.1. The van der Waals surface area contributed by atoms with Gasteiger partial charge in [0.15, 0.2) is 0 Å². The van der Waals surface area contributed by atoms with Crippen LogP contribution in [0.2, 0.25) is 0 Å². The van der Waals surface area contributed by atoms with Crippen LogP contribution in [0, 0.1) is 0 Å². The minimum atomic E-state index is -4.80. The lowest BCUT2D eigenvalue weighted by atomic mass is 13.3. The van der Waals surface area contributed by atoms with Crippen LogP contribution in [0.3, 0.4) is 0 Å². The van der Waals surface area contributed by atoms with Crippen molar-refractivity contribution in [2.75, 3.05) is 0 Å². The van der Waals surface area contributed by atoms with Crippen LogP contribution in [0.15, 0.2) is 0 Å². The fourth-order valence-electron chi connectivity index (χ4n) is 0.133. The van der Waals surface area contributed by atoms with Gasteiger partial charge in [0.1, 0.15) is 0 Å². The van der Waals surface area contributed by atoms with Crippen LogP contribution in [0.1, 0.15) is 0 Å². The smallest absolute Gasteiger partial charge is 0.367 e. The van der Waals surface area contributed by atoms with E-state index in [1.807, 2.05) is 0 Å². The number of nitrogens with one attached hydrogen (secondary N) is 1. The van der Waals surface area contributed by atoms with Crippen molar-refractivity contribution in [3.63, 3.8) is 0 Å². The molecule has 11 heteroatoms. The summed E-state index contributed by atoms with van der Waals surface area (Å²) in [6, 6.07) is 0. The molecule has 0 atom stereocenters. The van der Waals surface area contributed by atoms with Gasteiger partial charge in [-0.15, -0.1) is 0 Å². The Morgan fingerprint density at radius 3 is 1.18 bits per heavy atom. The molecule has 0 saturated carbocycles. The fourth-order valence-corrected chi connectivity index (χ4v) is 0.523. The highest BCUT2D eigenvalue weighted by Gasteiger charge is 2.36. The van der Waals surface area contributed by atoms with E-state index in [0.29, 0.717) is 0 Å². The van der Waals surface area contributed by atoms with Gasteiger partial charge in [-0.1, -0.05) is 5.64 Å². The largest absolute Gasteiger partial charge is 0.690 e. The summed E-state index contributed by atoms with van der Waals surface area (Å²) in [5.74, 6) is 0. The second kappa shape index (κ2) is 3.65. The van der Waals surface area contributed by atoms with E-state index < -0.39 is 18.1 Å². The average molecular weight is 205 g/mol. The Balaban J connectivity index is 3.44. The Bertz CT molecular complexity index is 96.2. The van der Waals surface area contributed by atoms with Crippen LogP contribution in [-0.4, -0.2) is 46.9 Å². The van der Waals surface area contributed by atoms with Crippen molar-refractivity contribution < 1.29 is 37.8 Å². The fraction of sp³-hybridized carbons (Fsp3) is 0. The predicted octanol–water partition coefficient (Wildman–Crippen LogP) is -4.74. The van der Waals surface area contributed by atoms with Gasteiger partial charge in [0, 0.05) is 0 Å². The van der Waals surface area contributed by atoms with E-state index in [-0.39, 0.29) is 0 Å². The Labute approximate surface area is 62.6 Å². The van der Waals surface area contributed by atoms with Crippen LogP contribution in [0.4, 0.5) is 0 Å². The van der Waals surface area contributed by atoms with E-state index in [2.05, 4.69) is 9.05 Å². The van der Waals surface area contributed by atoms with E-state index in [0.717, 1.165) is 5.64 Å². The highest BCUT2D eigenvalue weighted by atomic mass is 28.4. The van der Waals surface area contributed by atoms with E-state index in [9.17, 15) is 0 Å². The third-order valence-corrected chi connectivity index (χ3v) is 1.07. The number of rotatable bonds is 4. The van der Waals surface area contributed by atoms with Gasteiger partial charge in [-0.25, -0.2) is 9.05 Å². The van der Waals surface area contributed by atoms with E-state index in [1.165, 1.54) is 0 Å². The van der Waals surface area contributed by atoms with Crippen LogP contribution in [-0.2, 0) is 9.05 Å². The number of hydrogen-bond acceptors (Lipinski definition) is 9. The van der Waals surface area contributed by atoms with Gasteiger partial charge in [-0.2, -0.15) is 0 Å². The molecule has 0 radical (unpaired) electrons. The third-order valence-electron chi connectivity index (χ3n) is 0.357. The van der Waals surface area contributed by atoms with Gasteiger partial charge in [-0.05, 0) is 0 Å². The summed E-state index contributed by atoms with van der Waals surface area (Å²) < 4.78 is 6.99. The molecule has 0 aromatic heterocycles. The van der Waals surface area contributed by atoms with Crippen molar-refractivity contribution in [2.24, 2.45) is 0 Å². The van der Waals surface area contributed by atoms with Crippen molar-refractivity contribution in [2.45, 2.75) is 0 Å². The highest BCUT2D eigenvalue weighted by Crippen LogP contribution is 1.88. The predicted molar refractivity (Wildman–Crippen MR) is 30.1 cm³/mol. The summed E-state index contributed by atoms with van der Waals surface area (Å²) in [6.45, 7) is 0. The maximum Gasteiger partial charge on any atom is 0.690 e. The molecule has 0 aromatic rings. The molecule has 0 unspecified atom stereocenters. The van der Waals surface area contributed by atoms with Crippen molar-refractivity contribution in [3.05, 3.63) is 0 Å². The summed E-state index contributed by atoms with van der Waals surface area (Å²) in [6.07, 6.45) is 0. The molecule has 0 heterocycles. The summed E-state index contributed by atoms with van der Waals surface area (Å²) in [5, 5.41) is 0. The van der Waals surface area contributed by atoms with Gasteiger partial charge >= 0.3 is 18.1 Å². The minimum Gasteiger partial charge on any atom is -0.367 e. The first-order chi connectivity index (χ1) is 4.71. The topological polar surface area (TPSA) is 152 Å². The molecule has 0 aliphatic heterocycles. The SMILES string of the molecule is O[Si](O)(O)ONO[Si](O)(O)O. The molecule has 0 amide bonds. The standard InChI is InChI=1S/H7NO8Si2/c2-10(3,4)8-1-9-11(5,6)7/h1-7H. The average Bonchev–Trinajstić information content (AvgIpc) is 1.55. The highest BCUT2D eigenvalue weighted by molar-refractivity contribution is 6.49. The van der Waals surface area contributed by atoms with Crippen LogP contribution >= 0.6 is 0 Å². The normalized spacial score (nSPS) is 13.6. The molecule has 7 N–H and O–H groups in total. The van der Waals surface area contributed by atoms with Gasteiger partial charge in [0.2, 0.25) is 0 Å². The molecule has 0 rings (SSSR count). The molecule has 9 nitrogen and oxygen atoms in total. The van der Waals surface area contributed by atoms with Gasteiger partial charge in [-0.3, -0.25) is 0 Å². The van der Waals surface area contributed by atoms with Crippen molar-refractivity contribution in [1.29, 1.82) is 0 Å². The van der Waals surface area contributed by atoms with E-state index in [4.69, 9.17) is 28.8 Å². The quantitative estimate of drug-likeness (QED) is 0.177. The molecule has 0 aliphatic rings. The second-order valence-electron chi connectivity index (χ2n) is 1.44. The molecule has 0 bridgehead atoms. The molecular weight excluding hydrogens is 198 g/mol. The lowest BCUT2D eigenvalue weighted by molar-refractivity contribution is -0.137. The Kier molecular flexibility index (Phi) is 3.67. The Morgan fingerprint density at radius 1 is 0.727 bits per heavy atom. The lowest BCUT2D eigenvalue weighted by Crippen LogP contribution is -2.50. The zero-order chi connectivity index (χ0) is 9.12. The molecule has 68 valence electrons. The first-order valence-electron chi connectivity index (χ1n) is 2.16. The van der Waals surface area contributed by atoms with Gasteiger partial charge in [0.05, 0.1) is 0 Å². The summed E-state index contributed by atoms with van der Waals surface area (Å²) >= 11 is 0. The zero-order valence-corrected chi connectivity index (χ0v) is 7.00. The maximum atomic E-state index is 8.07. The van der Waals surface area contributed by atoms with E-state index >= 15 is 0 Å². The number of hydrogen-bond donors (Lipinski definition) is 7. The van der Waals surface area contributed by atoms with Crippen molar-refractivity contribution in [1.82, 2.24) is 5.64 Å². The summed E-state index contributed by atoms with van der Waals surface area (Å²) in [4.78, 5) is 48.4. The molecule has 0 spiro atoms. The summed E-state index contributed by atoms with van der Waals surface area (Å²) in [5.41, 5.74) is 1.09. The van der Waals surface area contributed by atoms with E-state index in [1.54, 1.807) is 0 Å². The second-order valence-corrected chi connectivity index (χ2v) is 4.14. The van der Waals surface area contributed by atoms with Crippen molar-refractivity contribution >= 4 is 18.1 Å². The Morgan fingerprint density at radius 2 is 1.00 bits per heavy atom. The molecule has 0 aliphatic carbocycles. The van der Waals surface area contributed by atoms with Gasteiger partial charge < -0.3 is 28.8 Å². The Hall–Kier alpha value is 0.0738. The van der Waals surface area contributed by atoms with Crippen LogP contribution in [0.5, 0.6) is 0 Å². The monoisotopic (exact) mass is 205 g/mol. The molecule has 11 heavy (non-hydrogen) atoms. The van der Waals surface area contributed by atoms with Crippen molar-refractivity contribution in [3.8, 4) is 0 Å². The molecule has 0 fully saturated rings. The van der Waals surface area contributed by atoms with Crippen LogP contribution in [0.25, 0.3) is 0 Å². The molecular formula is H7NO8Si2.